The third-order valence-corrected chi connectivity index (χ3v) is 4.16. The van der Waals surface area contributed by atoms with Gasteiger partial charge in [0.05, 0.1) is 20.8 Å². The van der Waals surface area contributed by atoms with Gasteiger partial charge in [0, 0.05) is 12.1 Å². The molecule has 0 atom stereocenters. The second-order valence-corrected chi connectivity index (χ2v) is 5.95. The van der Waals surface area contributed by atoms with Gasteiger partial charge in [-0.3, -0.25) is 0 Å². The SMILES string of the molecule is C=CCc1cc(CNCCc2ccccc2OC)cc(OC)c1OCC. The van der Waals surface area contributed by atoms with Crippen LogP contribution in [0.2, 0.25) is 0 Å². The van der Waals surface area contributed by atoms with Crippen LogP contribution in [-0.2, 0) is 19.4 Å². The maximum atomic E-state index is 5.77. The number of methoxy groups -OCH3 is 2. The zero-order valence-corrected chi connectivity index (χ0v) is 16.0. The van der Waals surface area contributed by atoms with Crippen LogP contribution >= 0.6 is 0 Å². The number of allylic oxidation sites excluding steroid dienone is 1. The zero-order valence-electron chi connectivity index (χ0n) is 16.0. The Labute approximate surface area is 156 Å². The smallest absolute Gasteiger partial charge is 0.164 e. The van der Waals surface area contributed by atoms with Crippen LogP contribution in [0.4, 0.5) is 0 Å². The first kappa shape index (κ1) is 19.9. The van der Waals surface area contributed by atoms with E-state index in [1.807, 2.05) is 37.3 Å². The molecule has 140 valence electrons. The van der Waals surface area contributed by atoms with E-state index in [1.54, 1.807) is 14.2 Å². The van der Waals surface area contributed by atoms with E-state index in [2.05, 4.69) is 24.0 Å². The summed E-state index contributed by atoms with van der Waals surface area (Å²) in [5.41, 5.74) is 3.48. The lowest BCUT2D eigenvalue weighted by Gasteiger charge is -2.16. The van der Waals surface area contributed by atoms with Crippen molar-refractivity contribution in [3.63, 3.8) is 0 Å². The predicted octanol–water partition coefficient (Wildman–Crippen LogP) is 4.16. The molecule has 0 spiro atoms. The standard InChI is InChI=1S/C22H29NO3/c1-5-9-19-14-17(15-21(25-4)22(19)26-6-2)16-23-13-12-18-10-7-8-11-20(18)24-3/h5,7-8,10-11,14-15,23H,1,6,9,12-13,16H2,2-4H3. The summed E-state index contributed by atoms with van der Waals surface area (Å²) in [6.07, 6.45) is 3.55. The van der Waals surface area contributed by atoms with Crippen molar-refractivity contribution >= 4 is 0 Å². The Bertz CT molecular complexity index is 713. The Kier molecular flexibility index (Phi) is 8.03. The molecule has 2 aromatic carbocycles. The Morgan fingerprint density at radius 2 is 1.81 bits per heavy atom. The second-order valence-electron chi connectivity index (χ2n) is 5.95. The van der Waals surface area contributed by atoms with E-state index in [0.717, 1.165) is 48.7 Å². The third kappa shape index (κ3) is 5.27. The minimum Gasteiger partial charge on any atom is -0.496 e. The maximum absolute atomic E-state index is 5.77. The molecule has 0 saturated heterocycles. The van der Waals surface area contributed by atoms with E-state index in [4.69, 9.17) is 14.2 Å². The Balaban J connectivity index is 2.02. The number of hydrogen-bond donors (Lipinski definition) is 1. The van der Waals surface area contributed by atoms with E-state index in [1.165, 1.54) is 11.1 Å². The van der Waals surface area contributed by atoms with Gasteiger partial charge in [-0.05, 0) is 49.6 Å². The van der Waals surface area contributed by atoms with Crippen LogP contribution in [0, 0.1) is 0 Å². The van der Waals surface area contributed by atoms with E-state index in [-0.39, 0.29) is 0 Å². The molecule has 0 aliphatic carbocycles. The molecule has 4 heteroatoms. The fourth-order valence-electron chi connectivity index (χ4n) is 2.96. The first-order chi connectivity index (χ1) is 12.7. The molecule has 26 heavy (non-hydrogen) atoms. The summed E-state index contributed by atoms with van der Waals surface area (Å²) < 4.78 is 16.7. The second kappa shape index (κ2) is 10.5. The van der Waals surface area contributed by atoms with Crippen molar-refractivity contribution in [2.45, 2.75) is 26.3 Å². The number of nitrogens with one attached hydrogen (secondary N) is 1. The molecule has 1 N–H and O–H groups in total. The summed E-state index contributed by atoms with van der Waals surface area (Å²) in [6, 6.07) is 12.3. The highest BCUT2D eigenvalue weighted by Crippen LogP contribution is 2.33. The number of hydrogen-bond acceptors (Lipinski definition) is 4. The highest BCUT2D eigenvalue weighted by molar-refractivity contribution is 5.50. The number of rotatable bonds is 11. The van der Waals surface area contributed by atoms with Gasteiger partial charge in [-0.25, -0.2) is 0 Å². The van der Waals surface area contributed by atoms with Crippen LogP contribution < -0.4 is 19.5 Å². The van der Waals surface area contributed by atoms with Crippen LogP contribution in [0.25, 0.3) is 0 Å². The van der Waals surface area contributed by atoms with E-state index >= 15 is 0 Å². The number of benzene rings is 2. The normalized spacial score (nSPS) is 10.4. The molecule has 0 saturated carbocycles. The van der Waals surface area contributed by atoms with Crippen LogP contribution in [0.5, 0.6) is 17.2 Å². The average Bonchev–Trinajstić information content (AvgIpc) is 2.67. The van der Waals surface area contributed by atoms with E-state index in [0.29, 0.717) is 6.61 Å². The van der Waals surface area contributed by atoms with Crippen LogP contribution in [0.3, 0.4) is 0 Å². The van der Waals surface area contributed by atoms with Crippen LogP contribution in [0.1, 0.15) is 23.6 Å². The van der Waals surface area contributed by atoms with Crippen LogP contribution in [-0.4, -0.2) is 27.4 Å². The molecular formula is C22H29NO3. The lowest BCUT2D eigenvalue weighted by Crippen LogP contribution is -2.17. The summed E-state index contributed by atoms with van der Waals surface area (Å²) in [7, 11) is 3.38. The molecule has 0 aliphatic rings. The average molecular weight is 355 g/mol. The Morgan fingerprint density at radius 1 is 1.04 bits per heavy atom. The van der Waals surface area contributed by atoms with Crippen molar-refractivity contribution in [3.05, 3.63) is 65.7 Å². The number of para-hydroxylation sites is 1. The molecule has 0 heterocycles. The van der Waals surface area contributed by atoms with Crippen molar-refractivity contribution in [1.29, 1.82) is 0 Å². The molecule has 0 bridgehead atoms. The van der Waals surface area contributed by atoms with Gasteiger partial charge < -0.3 is 19.5 Å². The quantitative estimate of drug-likeness (QED) is 0.485. The molecule has 4 nitrogen and oxygen atoms in total. The monoisotopic (exact) mass is 355 g/mol. The van der Waals surface area contributed by atoms with Crippen molar-refractivity contribution in [2.75, 3.05) is 27.4 Å². The minimum atomic E-state index is 0.608. The molecule has 0 fully saturated rings. The minimum absolute atomic E-state index is 0.608. The molecule has 0 unspecified atom stereocenters. The summed E-state index contributed by atoms with van der Waals surface area (Å²) in [4.78, 5) is 0. The van der Waals surface area contributed by atoms with Crippen molar-refractivity contribution in [3.8, 4) is 17.2 Å². The van der Waals surface area contributed by atoms with Crippen molar-refractivity contribution < 1.29 is 14.2 Å². The summed E-state index contributed by atoms with van der Waals surface area (Å²) in [5, 5.41) is 3.50. The summed E-state index contributed by atoms with van der Waals surface area (Å²) in [6.45, 7) is 8.06. The molecular weight excluding hydrogens is 326 g/mol. The first-order valence-electron chi connectivity index (χ1n) is 8.99. The predicted molar refractivity (Wildman–Crippen MR) is 106 cm³/mol. The molecule has 0 aliphatic heterocycles. The number of ether oxygens (including phenoxy) is 3. The largest absolute Gasteiger partial charge is 0.496 e. The van der Waals surface area contributed by atoms with Gasteiger partial charge in [0.15, 0.2) is 11.5 Å². The fourth-order valence-corrected chi connectivity index (χ4v) is 2.96. The molecule has 0 aromatic heterocycles. The third-order valence-electron chi connectivity index (χ3n) is 4.16. The van der Waals surface area contributed by atoms with Gasteiger partial charge in [0.1, 0.15) is 5.75 Å². The Morgan fingerprint density at radius 3 is 2.50 bits per heavy atom. The van der Waals surface area contributed by atoms with Crippen molar-refractivity contribution in [1.82, 2.24) is 5.32 Å². The maximum Gasteiger partial charge on any atom is 0.164 e. The first-order valence-corrected chi connectivity index (χ1v) is 8.99. The molecule has 0 amide bonds. The Hall–Kier alpha value is -2.46. The van der Waals surface area contributed by atoms with E-state index < -0.39 is 0 Å². The van der Waals surface area contributed by atoms with Gasteiger partial charge in [-0.15, -0.1) is 6.58 Å². The topological polar surface area (TPSA) is 39.7 Å². The van der Waals surface area contributed by atoms with Gasteiger partial charge in [0.2, 0.25) is 0 Å². The van der Waals surface area contributed by atoms with Gasteiger partial charge >= 0.3 is 0 Å². The summed E-state index contributed by atoms with van der Waals surface area (Å²) >= 11 is 0. The molecule has 2 aromatic rings. The van der Waals surface area contributed by atoms with E-state index in [9.17, 15) is 0 Å². The lowest BCUT2D eigenvalue weighted by molar-refractivity contribution is 0.308. The lowest BCUT2D eigenvalue weighted by atomic mass is 10.1. The summed E-state index contributed by atoms with van der Waals surface area (Å²) in [5.74, 6) is 2.52. The molecule has 0 radical (unpaired) electrons. The highest BCUT2D eigenvalue weighted by atomic mass is 16.5. The van der Waals surface area contributed by atoms with Gasteiger partial charge in [0.25, 0.3) is 0 Å². The highest BCUT2D eigenvalue weighted by Gasteiger charge is 2.12. The van der Waals surface area contributed by atoms with Gasteiger partial charge in [-0.1, -0.05) is 30.3 Å². The molecule has 2 rings (SSSR count). The van der Waals surface area contributed by atoms with Crippen LogP contribution in [0.15, 0.2) is 49.1 Å². The van der Waals surface area contributed by atoms with Gasteiger partial charge in [-0.2, -0.15) is 0 Å². The zero-order chi connectivity index (χ0) is 18.8. The van der Waals surface area contributed by atoms with Crippen molar-refractivity contribution in [2.24, 2.45) is 0 Å². The fraction of sp³-hybridized carbons (Fsp3) is 0.364.